The molecule has 0 spiro atoms. The molecular weight excluding hydrogens is 384 g/mol. The molecule has 1 atom stereocenters. The summed E-state index contributed by atoms with van der Waals surface area (Å²) in [5, 5.41) is 4.59. The predicted molar refractivity (Wildman–Crippen MR) is 124 cm³/mol. The lowest BCUT2D eigenvalue weighted by molar-refractivity contribution is 0.0694. The molecule has 0 bridgehead atoms. The molecule has 1 fully saturated rings. The van der Waals surface area contributed by atoms with Crippen LogP contribution in [0.1, 0.15) is 67.1 Å². The average molecular weight is 417 g/mol. The largest absolute Gasteiger partial charge is 0.337 e. The summed E-state index contributed by atoms with van der Waals surface area (Å²) in [4.78, 5) is 20.2. The lowest BCUT2D eigenvalue weighted by Crippen LogP contribution is -2.40. The van der Waals surface area contributed by atoms with E-state index in [2.05, 4.69) is 62.3 Å². The van der Waals surface area contributed by atoms with Crippen LogP contribution >= 0.6 is 0 Å². The number of piperidine rings is 1. The fourth-order valence-electron chi connectivity index (χ4n) is 4.30. The van der Waals surface area contributed by atoms with E-state index in [0.29, 0.717) is 12.2 Å². The number of hydrogen-bond donors (Lipinski definition) is 0. The normalized spacial score (nSPS) is 17.1. The molecule has 3 aromatic rings. The Hall–Kier alpha value is -2.95. The van der Waals surface area contributed by atoms with E-state index in [0.717, 1.165) is 36.5 Å². The van der Waals surface area contributed by atoms with Gasteiger partial charge in [-0.25, -0.2) is 0 Å². The second-order valence-electron chi connectivity index (χ2n) is 9.67. The molecule has 0 aliphatic carbocycles. The van der Waals surface area contributed by atoms with Gasteiger partial charge in [0.1, 0.15) is 5.69 Å². The van der Waals surface area contributed by atoms with Crippen molar-refractivity contribution in [2.75, 3.05) is 13.1 Å². The van der Waals surface area contributed by atoms with Crippen LogP contribution in [0, 0.1) is 6.92 Å². The Morgan fingerprint density at radius 1 is 1.06 bits per heavy atom. The van der Waals surface area contributed by atoms with Crippen molar-refractivity contribution in [2.24, 2.45) is 7.05 Å². The maximum atomic E-state index is 13.3. The Labute approximate surface area is 185 Å². The van der Waals surface area contributed by atoms with Gasteiger partial charge >= 0.3 is 0 Å². The van der Waals surface area contributed by atoms with Gasteiger partial charge in [0.2, 0.25) is 0 Å². The van der Waals surface area contributed by atoms with Crippen molar-refractivity contribution >= 4 is 5.91 Å². The number of rotatable bonds is 3. The quantitative estimate of drug-likeness (QED) is 0.596. The van der Waals surface area contributed by atoms with E-state index in [9.17, 15) is 4.79 Å². The molecule has 162 valence electrons. The topological polar surface area (TPSA) is 51.0 Å². The van der Waals surface area contributed by atoms with Crippen LogP contribution in [0.2, 0.25) is 0 Å². The maximum Gasteiger partial charge on any atom is 0.272 e. The van der Waals surface area contributed by atoms with Gasteiger partial charge in [0.25, 0.3) is 5.91 Å². The van der Waals surface area contributed by atoms with Gasteiger partial charge in [-0.3, -0.25) is 14.5 Å². The van der Waals surface area contributed by atoms with Crippen LogP contribution in [0.3, 0.4) is 0 Å². The third kappa shape index (κ3) is 4.55. The van der Waals surface area contributed by atoms with Gasteiger partial charge in [-0.1, -0.05) is 51.1 Å². The molecule has 5 nitrogen and oxygen atoms in total. The summed E-state index contributed by atoms with van der Waals surface area (Å²) in [5.74, 6) is 0.307. The number of likely N-dealkylation sites (tertiary alicyclic amines) is 1. The average Bonchev–Trinajstić information content (AvgIpc) is 3.15. The molecule has 1 aliphatic rings. The van der Waals surface area contributed by atoms with E-state index in [1.165, 1.54) is 11.1 Å². The number of aryl methyl sites for hydroxylation is 2. The summed E-state index contributed by atoms with van der Waals surface area (Å²) in [6.45, 7) is 9.88. The number of carbonyl (C=O) groups excluding carboxylic acids is 1. The standard InChI is InChI=1S/C26H32N4O/c1-18-14-21(19-10-7-6-8-11-19)15-22(27-18)20-12-9-13-30(17-20)25(31)23-16-24(26(2,3)4)28-29(23)5/h6-8,10-11,14-16,20H,9,12-13,17H2,1-5H3/t20-/m0/s1. The third-order valence-electron chi connectivity index (χ3n) is 6.07. The summed E-state index contributed by atoms with van der Waals surface area (Å²) in [7, 11) is 1.86. The van der Waals surface area contributed by atoms with Gasteiger partial charge in [-0.2, -0.15) is 5.10 Å². The molecule has 5 heteroatoms. The second-order valence-corrected chi connectivity index (χ2v) is 9.67. The van der Waals surface area contributed by atoms with Crippen molar-refractivity contribution in [1.82, 2.24) is 19.7 Å². The van der Waals surface area contributed by atoms with E-state index in [1.807, 2.05) is 31.0 Å². The zero-order chi connectivity index (χ0) is 22.2. The molecular formula is C26H32N4O. The highest BCUT2D eigenvalue weighted by Crippen LogP contribution is 2.30. The predicted octanol–water partition coefficient (Wildman–Crippen LogP) is 5.11. The highest BCUT2D eigenvalue weighted by Gasteiger charge is 2.29. The third-order valence-corrected chi connectivity index (χ3v) is 6.07. The van der Waals surface area contributed by atoms with E-state index >= 15 is 0 Å². The van der Waals surface area contributed by atoms with E-state index < -0.39 is 0 Å². The number of aromatic nitrogens is 3. The first-order valence-electron chi connectivity index (χ1n) is 11.1. The minimum Gasteiger partial charge on any atom is -0.337 e. The van der Waals surface area contributed by atoms with Crippen LogP contribution in [0.15, 0.2) is 48.5 Å². The molecule has 0 saturated carbocycles. The zero-order valence-corrected chi connectivity index (χ0v) is 19.2. The van der Waals surface area contributed by atoms with Crippen molar-refractivity contribution in [1.29, 1.82) is 0 Å². The Morgan fingerprint density at radius 3 is 2.48 bits per heavy atom. The molecule has 31 heavy (non-hydrogen) atoms. The summed E-state index contributed by atoms with van der Waals surface area (Å²) >= 11 is 0. The summed E-state index contributed by atoms with van der Waals surface area (Å²) in [5.41, 5.74) is 6.00. The van der Waals surface area contributed by atoms with Crippen LogP contribution < -0.4 is 0 Å². The van der Waals surface area contributed by atoms with Crippen LogP contribution in [-0.2, 0) is 12.5 Å². The number of nitrogens with zero attached hydrogens (tertiary/aromatic N) is 4. The number of amides is 1. The van der Waals surface area contributed by atoms with Gasteiger partial charge < -0.3 is 4.90 Å². The number of pyridine rings is 1. The van der Waals surface area contributed by atoms with E-state index in [-0.39, 0.29) is 17.2 Å². The second kappa shape index (κ2) is 8.29. The van der Waals surface area contributed by atoms with Gasteiger partial charge in [0.15, 0.2) is 0 Å². The van der Waals surface area contributed by atoms with Crippen molar-refractivity contribution in [2.45, 2.75) is 51.9 Å². The van der Waals surface area contributed by atoms with E-state index in [1.54, 1.807) is 4.68 Å². The molecule has 4 rings (SSSR count). The van der Waals surface area contributed by atoms with Crippen LogP contribution in [0.4, 0.5) is 0 Å². The zero-order valence-electron chi connectivity index (χ0n) is 19.2. The van der Waals surface area contributed by atoms with Crippen LogP contribution in [0.25, 0.3) is 11.1 Å². The summed E-state index contributed by atoms with van der Waals surface area (Å²) < 4.78 is 1.73. The molecule has 1 aliphatic heterocycles. The molecule has 1 aromatic carbocycles. The lowest BCUT2D eigenvalue weighted by Gasteiger charge is -2.32. The van der Waals surface area contributed by atoms with Gasteiger partial charge in [-0.05, 0) is 49.1 Å². The lowest BCUT2D eigenvalue weighted by atomic mass is 9.91. The van der Waals surface area contributed by atoms with Crippen molar-refractivity contribution in [3.05, 3.63) is 71.3 Å². The van der Waals surface area contributed by atoms with Gasteiger partial charge in [-0.15, -0.1) is 0 Å². The van der Waals surface area contributed by atoms with Crippen molar-refractivity contribution < 1.29 is 4.79 Å². The van der Waals surface area contributed by atoms with E-state index in [4.69, 9.17) is 4.98 Å². The summed E-state index contributed by atoms with van der Waals surface area (Å²) in [6.07, 6.45) is 2.03. The monoisotopic (exact) mass is 416 g/mol. The van der Waals surface area contributed by atoms with Crippen molar-refractivity contribution in [3.63, 3.8) is 0 Å². The Balaban J connectivity index is 1.58. The highest BCUT2D eigenvalue weighted by molar-refractivity contribution is 5.93. The van der Waals surface area contributed by atoms with Crippen LogP contribution in [-0.4, -0.2) is 38.7 Å². The minimum atomic E-state index is -0.0833. The first-order valence-corrected chi connectivity index (χ1v) is 11.1. The Bertz CT molecular complexity index is 1080. The van der Waals surface area contributed by atoms with Gasteiger partial charge in [0.05, 0.1) is 5.69 Å². The Morgan fingerprint density at radius 2 is 1.81 bits per heavy atom. The number of hydrogen-bond acceptors (Lipinski definition) is 3. The minimum absolute atomic E-state index is 0.0612. The van der Waals surface area contributed by atoms with Gasteiger partial charge in [0, 0.05) is 42.9 Å². The molecule has 1 amide bonds. The molecule has 1 saturated heterocycles. The Kier molecular flexibility index (Phi) is 5.69. The van der Waals surface area contributed by atoms with Crippen LogP contribution in [0.5, 0.6) is 0 Å². The summed E-state index contributed by atoms with van der Waals surface area (Å²) in [6, 6.07) is 16.7. The molecule has 0 unspecified atom stereocenters. The van der Waals surface area contributed by atoms with Crippen molar-refractivity contribution in [3.8, 4) is 11.1 Å². The SMILES string of the molecule is Cc1cc(-c2ccccc2)cc([C@H]2CCCN(C(=O)c3cc(C(C)(C)C)nn3C)C2)n1. The maximum absolute atomic E-state index is 13.3. The first-order chi connectivity index (χ1) is 14.7. The molecule has 2 aromatic heterocycles. The molecule has 0 N–H and O–H groups in total. The smallest absolute Gasteiger partial charge is 0.272 e. The molecule has 3 heterocycles. The fourth-order valence-corrected chi connectivity index (χ4v) is 4.30. The number of carbonyl (C=O) groups is 1. The molecule has 0 radical (unpaired) electrons. The first kappa shape index (κ1) is 21.3. The fraction of sp³-hybridized carbons (Fsp3) is 0.423. The highest BCUT2D eigenvalue weighted by atomic mass is 16.2. The number of benzene rings is 1.